The lowest BCUT2D eigenvalue weighted by Gasteiger charge is -2.36. The van der Waals surface area contributed by atoms with E-state index in [1.807, 2.05) is 24.3 Å². The number of hydrogen-bond acceptors (Lipinski definition) is 6. The zero-order valence-electron chi connectivity index (χ0n) is 19.0. The number of benzene rings is 2. The Balaban J connectivity index is 1.48. The van der Waals surface area contributed by atoms with Crippen molar-refractivity contribution >= 4 is 28.8 Å². The Hall–Kier alpha value is -3.72. The highest BCUT2D eigenvalue weighted by Crippen LogP contribution is 2.26. The summed E-state index contributed by atoms with van der Waals surface area (Å²) in [7, 11) is 0. The Bertz CT molecular complexity index is 1140. The third kappa shape index (κ3) is 5.79. The van der Waals surface area contributed by atoms with E-state index in [9.17, 15) is 13.6 Å². The van der Waals surface area contributed by atoms with Crippen LogP contribution in [0.5, 0.6) is 0 Å². The smallest absolute Gasteiger partial charge is 0.252 e. The molecular weight excluding hydrogens is 440 g/mol. The van der Waals surface area contributed by atoms with E-state index in [1.165, 1.54) is 18.3 Å². The first-order chi connectivity index (χ1) is 16.3. The molecule has 0 radical (unpaired) electrons. The van der Waals surface area contributed by atoms with Gasteiger partial charge in [-0.25, -0.2) is 13.8 Å². The molecule has 34 heavy (non-hydrogen) atoms. The SMILES string of the molecule is C[C@@H]1CN(c2ccc(Nc3cc(NCc4cc(F)cc(F)c4)c(C(N)=O)cn3)cc2)C[C@H](C)O1. The summed E-state index contributed by atoms with van der Waals surface area (Å²) in [6.45, 7) is 5.89. The number of anilines is 4. The van der Waals surface area contributed by atoms with Crippen LogP contribution in [0.25, 0.3) is 0 Å². The highest BCUT2D eigenvalue weighted by molar-refractivity contribution is 5.98. The highest BCUT2D eigenvalue weighted by atomic mass is 19.1. The first-order valence-corrected chi connectivity index (χ1v) is 11.0. The van der Waals surface area contributed by atoms with Crippen molar-refractivity contribution in [1.29, 1.82) is 0 Å². The summed E-state index contributed by atoms with van der Waals surface area (Å²) >= 11 is 0. The van der Waals surface area contributed by atoms with Gasteiger partial charge in [0.25, 0.3) is 5.91 Å². The van der Waals surface area contributed by atoms with Gasteiger partial charge in [0, 0.05) is 49.3 Å². The van der Waals surface area contributed by atoms with Crippen LogP contribution >= 0.6 is 0 Å². The molecular formula is C25H27F2N5O2. The van der Waals surface area contributed by atoms with Crippen LogP contribution in [0.4, 0.5) is 31.7 Å². The Morgan fingerprint density at radius 2 is 1.74 bits per heavy atom. The molecule has 1 saturated heterocycles. The van der Waals surface area contributed by atoms with Crippen molar-refractivity contribution in [3.8, 4) is 0 Å². The molecule has 4 N–H and O–H groups in total. The van der Waals surface area contributed by atoms with Crippen LogP contribution in [0.2, 0.25) is 0 Å². The molecule has 4 rings (SSSR count). The molecule has 1 aromatic heterocycles. The highest BCUT2D eigenvalue weighted by Gasteiger charge is 2.22. The Morgan fingerprint density at radius 3 is 2.35 bits per heavy atom. The Morgan fingerprint density at radius 1 is 1.09 bits per heavy atom. The number of rotatable bonds is 7. The summed E-state index contributed by atoms with van der Waals surface area (Å²) in [4.78, 5) is 18.4. The lowest BCUT2D eigenvalue weighted by molar-refractivity contribution is -0.00521. The number of primary amides is 1. The van der Waals surface area contributed by atoms with Crippen molar-refractivity contribution in [2.24, 2.45) is 5.73 Å². The van der Waals surface area contributed by atoms with E-state index in [4.69, 9.17) is 10.5 Å². The maximum atomic E-state index is 13.5. The number of ether oxygens (including phenoxy) is 1. The van der Waals surface area contributed by atoms with Gasteiger partial charge in [0.2, 0.25) is 0 Å². The minimum atomic E-state index is -0.673. The van der Waals surface area contributed by atoms with Crippen LogP contribution < -0.4 is 21.3 Å². The standard InChI is InChI=1S/C25H27F2N5O2/c1-15-13-32(14-16(2)34-15)21-5-3-20(4-6-21)31-24-10-23(22(12-30-24)25(28)33)29-11-17-7-18(26)9-19(27)8-17/h3-10,12,15-16H,11,13-14H2,1-2H3,(H2,28,33)(H2,29,30,31)/t15-,16+. The van der Waals surface area contributed by atoms with Crippen LogP contribution in [0.3, 0.4) is 0 Å². The van der Waals surface area contributed by atoms with Crippen molar-refractivity contribution in [1.82, 2.24) is 4.98 Å². The monoisotopic (exact) mass is 467 g/mol. The predicted octanol–water partition coefficient (Wildman–Crippen LogP) is 4.43. The lowest BCUT2D eigenvalue weighted by Crippen LogP contribution is -2.45. The molecule has 3 aromatic rings. The zero-order chi connectivity index (χ0) is 24.2. The molecule has 1 aliphatic rings. The molecule has 1 aliphatic heterocycles. The second kappa shape index (κ2) is 10.0. The molecule has 178 valence electrons. The maximum Gasteiger partial charge on any atom is 0.252 e. The van der Waals surface area contributed by atoms with Crippen LogP contribution in [-0.4, -0.2) is 36.2 Å². The molecule has 2 heterocycles. The summed E-state index contributed by atoms with van der Waals surface area (Å²) in [5.41, 5.74) is 8.36. The minimum absolute atomic E-state index is 0.101. The number of halogens is 2. The van der Waals surface area contributed by atoms with Gasteiger partial charge in [0.1, 0.15) is 17.5 Å². The van der Waals surface area contributed by atoms with Gasteiger partial charge >= 0.3 is 0 Å². The Labute approximate surface area is 196 Å². The number of hydrogen-bond donors (Lipinski definition) is 3. The van der Waals surface area contributed by atoms with E-state index in [0.717, 1.165) is 30.5 Å². The average molecular weight is 468 g/mol. The van der Waals surface area contributed by atoms with Gasteiger partial charge in [0.15, 0.2) is 0 Å². The molecule has 1 amide bonds. The van der Waals surface area contributed by atoms with E-state index in [1.54, 1.807) is 6.07 Å². The fourth-order valence-electron chi connectivity index (χ4n) is 4.07. The Kier molecular flexibility index (Phi) is 6.93. The van der Waals surface area contributed by atoms with E-state index in [0.29, 0.717) is 17.1 Å². The van der Waals surface area contributed by atoms with Gasteiger partial charge in [-0.3, -0.25) is 4.79 Å². The topological polar surface area (TPSA) is 92.5 Å². The number of nitrogens with zero attached hydrogens (tertiary/aromatic N) is 2. The first kappa shape index (κ1) is 23.4. The number of carbonyl (C=O) groups is 1. The number of nitrogens with two attached hydrogens (primary N) is 1. The summed E-state index contributed by atoms with van der Waals surface area (Å²) in [6, 6.07) is 12.8. The summed E-state index contributed by atoms with van der Waals surface area (Å²) in [6.07, 6.45) is 1.71. The molecule has 7 nitrogen and oxygen atoms in total. The van der Waals surface area contributed by atoms with Gasteiger partial charge in [-0.1, -0.05) is 0 Å². The normalized spacial score (nSPS) is 17.9. The average Bonchev–Trinajstić information content (AvgIpc) is 2.77. The van der Waals surface area contributed by atoms with E-state index in [2.05, 4.69) is 34.4 Å². The van der Waals surface area contributed by atoms with Gasteiger partial charge < -0.3 is 26.0 Å². The second-order valence-electron chi connectivity index (χ2n) is 8.44. The van der Waals surface area contributed by atoms with Gasteiger partial charge in [-0.2, -0.15) is 0 Å². The van der Waals surface area contributed by atoms with Crippen LogP contribution in [0.1, 0.15) is 29.8 Å². The van der Waals surface area contributed by atoms with Crippen molar-refractivity contribution in [3.05, 3.63) is 77.5 Å². The van der Waals surface area contributed by atoms with E-state index >= 15 is 0 Å². The molecule has 9 heteroatoms. The van der Waals surface area contributed by atoms with Crippen molar-refractivity contribution in [2.75, 3.05) is 28.6 Å². The molecule has 0 spiro atoms. The second-order valence-corrected chi connectivity index (χ2v) is 8.44. The maximum absolute atomic E-state index is 13.5. The molecule has 0 unspecified atom stereocenters. The molecule has 0 saturated carbocycles. The van der Waals surface area contributed by atoms with Crippen molar-refractivity contribution < 1.29 is 18.3 Å². The van der Waals surface area contributed by atoms with Crippen LogP contribution in [0, 0.1) is 11.6 Å². The largest absolute Gasteiger partial charge is 0.380 e. The van der Waals surface area contributed by atoms with Crippen LogP contribution in [0.15, 0.2) is 54.7 Å². The van der Waals surface area contributed by atoms with Crippen molar-refractivity contribution in [2.45, 2.75) is 32.6 Å². The van der Waals surface area contributed by atoms with Gasteiger partial charge in [-0.05, 0) is 55.8 Å². The number of carbonyl (C=O) groups excluding carboxylic acids is 1. The molecule has 0 bridgehead atoms. The predicted molar refractivity (Wildman–Crippen MR) is 128 cm³/mol. The molecule has 1 fully saturated rings. The quantitative estimate of drug-likeness (QED) is 0.476. The third-order valence-electron chi connectivity index (χ3n) is 5.50. The van der Waals surface area contributed by atoms with Crippen LogP contribution in [-0.2, 0) is 11.3 Å². The number of amides is 1. The fourth-order valence-corrected chi connectivity index (χ4v) is 4.07. The molecule has 0 aliphatic carbocycles. The number of aromatic nitrogens is 1. The first-order valence-electron chi connectivity index (χ1n) is 11.0. The number of morpholine rings is 1. The fraction of sp³-hybridized carbons (Fsp3) is 0.280. The minimum Gasteiger partial charge on any atom is -0.380 e. The number of nitrogens with one attached hydrogen (secondary N) is 2. The molecule has 2 aromatic carbocycles. The lowest BCUT2D eigenvalue weighted by atomic mass is 10.1. The zero-order valence-corrected chi connectivity index (χ0v) is 19.0. The van der Waals surface area contributed by atoms with E-state index < -0.39 is 17.5 Å². The number of pyridine rings is 1. The summed E-state index contributed by atoms with van der Waals surface area (Å²) in [5.74, 6) is -1.52. The summed E-state index contributed by atoms with van der Waals surface area (Å²) in [5, 5.41) is 6.23. The third-order valence-corrected chi connectivity index (χ3v) is 5.50. The summed E-state index contributed by atoms with van der Waals surface area (Å²) < 4.78 is 32.8. The van der Waals surface area contributed by atoms with Gasteiger partial charge in [-0.15, -0.1) is 0 Å². The van der Waals surface area contributed by atoms with E-state index in [-0.39, 0.29) is 24.3 Å². The van der Waals surface area contributed by atoms with Gasteiger partial charge in [0.05, 0.1) is 23.5 Å². The van der Waals surface area contributed by atoms with Crippen molar-refractivity contribution in [3.63, 3.8) is 0 Å². The molecule has 2 atom stereocenters.